The second-order valence-corrected chi connectivity index (χ2v) is 9.20. The van der Waals surface area contributed by atoms with Crippen LogP contribution < -0.4 is 9.64 Å². The van der Waals surface area contributed by atoms with Crippen LogP contribution in [0.1, 0.15) is 19.3 Å². The first-order chi connectivity index (χ1) is 15.4. The highest BCUT2D eigenvalue weighted by Crippen LogP contribution is 2.29. The minimum absolute atomic E-state index is 0.0176. The normalized spacial score (nSPS) is 24.3. The number of carbonyl (C=O) groups excluding carboxylic acids is 1. The molecule has 2 fully saturated rings. The first-order valence-corrected chi connectivity index (χ1v) is 11.7. The Morgan fingerprint density at radius 3 is 2.50 bits per heavy atom. The molecule has 0 unspecified atom stereocenters. The Morgan fingerprint density at radius 1 is 1.09 bits per heavy atom. The van der Waals surface area contributed by atoms with E-state index in [-0.39, 0.29) is 12.0 Å². The zero-order chi connectivity index (χ0) is 23.1. The third kappa shape index (κ3) is 6.57. The van der Waals surface area contributed by atoms with Gasteiger partial charge in [-0.2, -0.15) is 0 Å². The number of methoxy groups -OCH3 is 1. The van der Waals surface area contributed by atoms with Crippen molar-refractivity contribution in [1.29, 1.82) is 0 Å². The molecule has 1 aromatic carbocycles. The summed E-state index contributed by atoms with van der Waals surface area (Å²) < 4.78 is 11.6. The lowest BCUT2D eigenvalue weighted by molar-refractivity contribution is -0.168. The van der Waals surface area contributed by atoms with Gasteiger partial charge in [-0.15, -0.1) is 0 Å². The summed E-state index contributed by atoms with van der Waals surface area (Å²) in [6.07, 6.45) is 0.833. The molecule has 2 aliphatic heterocycles. The number of aliphatic hydroxyl groups is 1. The minimum atomic E-state index is -0.751. The maximum absolute atomic E-state index is 13.2. The van der Waals surface area contributed by atoms with Crippen LogP contribution in [0.25, 0.3) is 0 Å². The summed E-state index contributed by atoms with van der Waals surface area (Å²) in [5.74, 6) is 0.763. The van der Waals surface area contributed by atoms with Crippen molar-refractivity contribution in [2.45, 2.75) is 37.6 Å². The van der Waals surface area contributed by atoms with Crippen molar-refractivity contribution in [2.75, 3.05) is 79.0 Å². The maximum Gasteiger partial charge on any atom is 0.254 e. The number of nitrogens with zero attached hydrogens (tertiary/aromatic N) is 4. The van der Waals surface area contributed by atoms with Crippen LogP contribution in [0.2, 0.25) is 0 Å². The molecule has 8 heteroatoms. The van der Waals surface area contributed by atoms with E-state index in [0.29, 0.717) is 19.5 Å². The van der Waals surface area contributed by atoms with Gasteiger partial charge in [0.1, 0.15) is 5.75 Å². The topological polar surface area (TPSA) is 68.7 Å². The molecule has 3 rings (SSSR count). The summed E-state index contributed by atoms with van der Waals surface area (Å²) in [7, 11) is 7.94. The van der Waals surface area contributed by atoms with Crippen molar-refractivity contribution in [3.05, 3.63) is 24.3 Å². The molecule has 3 atom stereocenters. The number of rotatable bonds is 9. The molecule has 0 radical (unpaired) electrons. The van der Waals surface area contributed by atoms with Gasteiger partial charge in [0, 0.05) is 45.8 Å². The predicted molar refractivity (Wildman–Crippen MR) is 126 cm³/mol. The number of carbonyl (C=O) groups is 1. The predicted octanol–water partition coefficient (Wildman–Crippen LogP) is 1.14. The Kier molecular flexibility index (Phi) is 9.16. The van der Waals surface area contributed by atoms with E-state index in [2.05, 4.69) is 35.8 Å². The Labute approximate surface area is 192 Å². The number of likely N-dealkylation sites (N-methyl/N-ethyl adjacent to an activating group) is 2. The number of ether oxygens (including phenoxy) is 2. The summed E-state index contributed by atoms with van der Waals surface area (Å²) >= 11 is 0. The molecule has 2 heterocycles. The number of amides is 1. The Bertz CT molecular complexity index is 724. The molecule has 0 aliphatic carbocycles. The molecular formula is C24H40N4O4. The molecule has 2 aliphatic rings. The van der Waals surface area contributed by atoms with E-state index in [1.165, 1.54) is 0 Å². The minimum Gasteiger partial charge on any atom is -0.495 e. The van der Waals surface area contributed by atoms with Gasteiger partial charge in [-0.3, -0.25) is 4.79 Å². The molecule has 0 bridgehead atoms. The van der Waals surface area contributed by atoms with Gasteiger partial charge in [0.25, 0.3) is 5.91 Å². The van der Waals surface area contributed by atoms with E-state index in [9.17, 15) is 9.90 Å². The van der Waals surface area contributed by atoms with Gasteiger partial charge in [-0.25, -0.2) is 0 Å². The molecule has 0 aromatic heterocycles. The van der Waals surface area contributed by atoms with E-state index < -0.39 is 12.2 Å². The van der Waals surface area contributed by atoms with Gasteiger partial charge in [-0.1, -0.05) is 12.1 Å². The largest absolute Gasteiger partial charge is 0.495 e. The molecule has 0 saturated carbocycles. The summed E-state index contributed by atoms with van der Waals surface area (Å²) in [4.78, 5) is 21.7. The van der Waals surface area contributed by atoms with E-state index in [0.717, 1.165) is 57.0 Å². The van der Waals surface area contributed by atoms with Crippen molar-refractivity contribution >= 4 is 11.6 Å². The number of piperazine rings is 1. The Morgan fingerprint density at radius 2 is 1.81 bits per heavy atom. The quantitative estimate of drug-likeness (QED) is 0.608. The molecule has 180 valence electrons. The number of aliphatic hydroxyl groups excluding tert-OH is 1. The summed E-state index contributed by atoms with van der Waals surface area (Å²) in [5.41, 5.74) is 1.05. The van der Waals surface area contributed by atoms with Crippen LogP contribution in [-0.4, -0.2) is 118 Å². The van der Waals surface area contributed by atoms with Crippen LogP contribution in [-0.2, 0) is 9.53 Å². The molecule has 1 N–H and O–H groups in total. The van der Waals surface area contributed by atoms with Gasteiger partial charge in [-0.05, 0) is 52.5 Å². The van der Waals surface area contributed by atoms with E-state index in [1.807, 2.05) is 29.2 Å². The average molecular weight is 449 g/mol. The molecule has 32 heavy (non-hydrogen) atoms. The lowest BCUT2D eigenvalue weighted by atomic mass is 9.98. The van der Waals surface area contributed by atoms with E-state index in [1.54, 1.807) is 7.11 Å². The second-order valence-electron chi connectivity index (χ2n) is 9.20. The van der Waals surface area contributed by atoms with Crippen LogP contribution in [0.4, 0.5) is 5.69 Å². The van der Waals surface area contributed by atoms with Crippen molar-refractivity contribution in [3.8, 4) is 5.75 Å². The zero-order valence-electron chi connectivity index (χ0n) is 20.1. The van der Waals surface area contributed by atoms with Crippen LogP contribution in [0, 0.1) is 0 Å². The standard InChI is InChI=1S/C24H40N4O4/c1-25(2)13-14-26(3)12-11-19-9-10-21(29)23(32-19)24(30)28-17-15-27(16-18-28)20-7-5-6-8-22(20)31-4/h5-8,19,21,23,29H,9-18H2,1-4H3/t19-,21-,23-/m0/s1. The highest BCUT2D eigenvalue weighted by Gasteiger charge is 2.38. The zero-order valence-corrected chi connectivity index (χ0v) is 20.1. The van der Waals surface area contributed by atoms with Gasteiger partial charge in [0.2, 0.25) is 0 Å². The third-order valence-electron chi connectivity index (χ3n) is 6.50. The van der Waals surface area contributed by atoms with Crippen molar-refractivity contribution < 1.29 is 19.4 Å². The van der Waals surface area contributed by atoms with Gasteiger partial charge in [0.15, 0.2) is 6.10 Å². The molecule has 1 amide bonds. The lowest BCUT2D eigenvalue weighted by Gasteiger charge is -2.40. The number of para-hydroxylation sites is 2. The lowest BCUT2D eigenvalue weighted by Crippen LogP contribution is -2.56. The number of benzene rings is 1. The number of hydrogen-bond acceptors (Lipinski definition) is 7. The summed E-state index contributed by atoms with van der Waals surface area (Å²) in [6.45, 7) is 5.63. The van der Waals surface area contributed by atoms with Crippen LogP contribution in [0.3, 0.4) is 0 Å². The molecule has 0 spiro atoms. The molecule has 2 saturated heterocycles. The number of hydrogen-bond donors (Lipinski definition) is 1. The van der Waals surface area contributed by atoms with Crippen molar-refractivity contribution in [1.82, 2.24) is 14.7 Å². The van der Waals surface area contributed by atoms with Crippen LogP contribution in [0.15, 0.2) is 24.3 Å². The number of anilines is 1. The fraction of sp³-hybridized carbons (Fsp3) is 0.708. The Hall–Kier alpha value is -1.87. The highest BCUT2D eigenvalue weighted by atomic mass is 16.5. The first-order valence-electron chi connectivity index (χ1n) is 11.7. The van der Waals surface area contributed by atoms with Gasteiger partial charge < -0.3 is 34.2 Å². The van der Waals surface area contributed by atoms with Crippen molar-refractivity contribution in [3.63, 3.8) is 0 Å². The third-order valence-corrected chi connectivity index (χ3v) is 6.50. The van der Waals surface area contributed by atoms with Crippen molar-refractivity contribution in [2.24, 2.45) is 0 Å². The fourth-order valence-electron chi connectivity index (χ4n) is 4.39. The first kappa shape index (κ1) is 24.8. The SMILES string of the molecule is COc1ccccc1N1CCN(C(=O)[C@H]2O[C@H](CCN(C)CCN(C)C)CC[C@@H]2O)CC1. The summed E-state index contributed by atoms with van der Waals surface area (Å²) in [6, 6.07) is 7.96. The Balaban J connectivity index is 1.49. The van der Waals surface area contributed by atoms with E-state index >= 15 is 0 Å². The van der Waals surface area contributed by atoms with Gasteiger partial charge in [0.05, 0.1) is 25.0 Å². The maximum atomic E-state index is 13.2. The highest BCUT2D eigenvalue weighted by molar-refractivity contribution is 5.82. The van der Waals surface area contributed by atoms with Crippen LogP contribution >= 0.6 is 0 Å². The van der Waals surface area contributed by atoms with Gasteiger partial charge >= 0.3 is 0 Å². The summed E-state index contributed by atoms with van der Waals surface area (Å²) in [5, 5.41) is 10.5. The van der Waals surface area contributed by atoms with Crippen LogP contribution in [0.5, 0.6) is 5.75 Å². The van der Waals surface area contributed by atoms with E-state index in [4.69, 9.17) is 9.47 Å². The molecule has 1 aromatic rings. The second kappa shape index (κ2) is 11.8. The monoisotopic (exact) mass is 448 g/mol. The molecule has 8 nitrogen and oxygen atoms in total. The fourth-order valence-corrected chi connectivity index (χ4v) is 4.39. The average Bonchev–Trinajstić information content (AvgIpc) is 2.81. The smallest absolute Gasteiger partial charge is 0.254 e. The molecular weight excluding hydrogens is 408 g/mol.